The van der Waals surface area contributed by atoms with Crippen LogP contribution < -0.4 is 20.1 Å². The van der Waals surface area contributed by atoms with Gasteiger partial charge < -0.3 is 29.9 Å². The molecule has 4 rings (SSSR count). The van der Waals surface area contributed by atoms with E-state index in [-0.39, 0.29) is 30.3 Å². The summed E-state index contributed by atoms with van der Waals surface area (Å²) in [6.07, 6.45) is 1.56. The van der Waals surface area contributed by atoms with Gasteiger partial charge in [0.25, 0.3) is 0 Å². The molecule has 1 fully saturated rings. The minimum Gasteiger partial charge on any atom is -0.490 e. The molecule has 1 heterocycles. The average Bonchev–Trinajstić information content (AvgIpc) is 2.92. The van der Waals surface area contributed by atoms with Crippen LogP contribution in [0.4, 0.5) is 15.8 Å². The minimum absolute atomic E-state index is 0.0174. The summed E-state index contributed by atoms with van der Waals surface area (Å²) in [5.41, 5.74) is 2.98. The summed E-state index contributed by atoms with van der Waals surface area (Å²) in [5, 5.41) is 15.0. The predicted molar refractivity (Wildman–Crippen MR) is 152 cm³/mol. The van der Waals surface area contributed by atoms with Crippen molar-refractivity contribution < 1.29 is 18.7 Å². The van der Waals surface area contributed by atoms with Crippen molar-refractivity contribution in [2.75, 3.05) is 51.4 Å². The lowest BCUT2D eigenvalue weighted by Gasteiger charge is -2.33. The molecule has 0 atom stereocenters. The van der Waals surface area contributed by atoms with Crippen LogP contribution in [0.15, 0.2) is 66.7 Å². The van der Waals surface area contributed by atoms with Gasteiger partial charge in [0.15, 0.2) is 0 Å². The third-order valence-corrected chi connectivity index (χ3v) is 6.50. The van der Waals surface area contributed by atoms with Gasteiger partial charge >= 0.3 is 0 Å². The number of amidine groups is 1. The van der Waals surface area contributed by atoms with Crippen LogP contribution >= 0.6 is 0 Å². The predicted octanol–water partition coefficient (Wildman–Crippen LogP) is 4.82. The fraction of sp³-hybridized carbons (Fsp3) is 0.333. The maximum Gasteiger partial charge on any atom is 0.236 e. The Balaban J connectivity index is 1.33. The number of halogens is 1. The number of anilines is 2. The molecule has 39 heavy (non-hydrogen) atoms. The molecule has 1 saturated heterocycles. The monoisotopic (exact) mass is 533 g/mol. The molecular weight excluding hydrogens is 497 g/mol. The summed E-state index contributed by atoms with van der Waals surface area (Å²) < 4.78 is 25.4. The number of carbonyl (C=O) groups is 1. The molecule has 0 aliphatic carbocycles. The third-order valence-electron chi connectivity index (χ3n) is 6.50. The second-order valence-electron chi connectivity index (χ2n) is 9.84. The number of likely N-dealkylation sites (N-methyl/N-ethyl adjacent to an activating group) is 1. The first-order chi connectivity index (χ1) is 18.8. The van der Waals surface area contributed by atoms with E-state index < -0.39 is 0 Å². The summed E-state index contributed by atoms with van der Waals surface area (Å²) in [5.74, 6) is 1.42. The molecule has 0 bridgehead atoms. The molecule has 3 aromatic rings. The molecular formula is C30H36FN5O3. The number of hydrogen-bond acceptors (Lipinski definition) is 6. The Hall–Kier alpha value is -4.11. The number of amides is 1. The van der Waals surface area contributed by atoms with Gasteiger partial charge in [0, 0.05) is 49.9 Å². The Bertz CT molecular complexity index is 1270. The number of benzene rings is 3. The number of hydrogen-bond donors (Lipinski definition) is 3. The molecule has 206 valence electrons. The van der Waals surface area contributed by atoms with Crippen molar-refractivity contribution in [2.24, 2.45) is 0 Å². The van der Waals surface area contributed by atoms with Crippen molar-refractivity contribution in [1.29, 1.82) is 5.41 Å². The molecule has 0 aromatic heterocycles. The van der Waals surface area contributed by atoms with Crippen molar-refractivity contribution in [3.05, 3.63) is 83.7 Å². The van der Waals surface area contributed by atoms with Gasteiger partial charge in [0.1, 0.15) is 35.9 Å². The van der Waals surface area contributed by atoms with Crippen molar-refractivity contribution in [3.8, 4) is 11.5 Å². The highest BCUT2D eigenvalue weighted by molar-refractivity contribution is 6.10. The lowest BCUT2D eigenvalue weighted by molar-refractivity contribution is -0.133. The van der Waals surface area contributed by atoms with E-state index in [0.29, 0.717) is 36.7 Å². The molecule has 0 unspecified atom stereocenters. The van der Waals surface area contributed by atoms with Crippen LogP contribution in [-0.4, -0.2) is 68.4 Å². The van der Waals surface area contributed by atoms with Crippen LogP contribution in [0.5, 0.6) is 11.5 Å². The van der Waals surface area contributed by atoms with Crippen molar-refractivity contribution in [2.45, 2.75) is 25.6 Å². The van der Waals surface area contributed by atoms with E-state index >= 15 is 0 Å². The Morgan fingerprint density at radius 3 is 2.44 bits per heavy atom. The summed E-state index contributed by atoms with van der Waals surface area (Å²) >= 11 is 0. The maximum atomic E-state index is 13.4. The number of rotatable bonds is 10. The van der Waals surface area contributed by atoms with E-state index in [9.17, 15) is 9.18 Å². The Morgan fingerprint density at radius 1 is 1.05 bits per heavy atom. The summed E-state index contributed by atoms with van der Waals surface area (Å²) in [6, 6.07) is 19.3. The third kappa shape index (κ3) is 7.94. The van der Waals surface area contributed by atoms with Gasteiger partial charge in [-0.2, -0.15) is 0 Å². The van der Waals surface area contributed by atoms with Crippen LogP contribution in [0.2, 0.25) is 0 Å². The zero-order valence-electron chi connectivity index (χ0n) is 22.7. The smallest absolute Gasteiger partial charge is 0.236 e. The van der Waals surface area contributed by atoms with Crippen molar-refractivity contribution in [1.82, 2.24) is 9.80 Å². The molecule has 3 aromatic carbocycles. The van der Waals surface area contributed by atoms with Gasteiger partial charge in [-0.05, 0) is 74.3 Å². The average molecular weight is 534 g/mol. The molecule has 1 aliphatic heterocycles. The molecule has 0 radical (unpaired) electrons. The fourth-order valence-electron chi connectivity index (χ4n) is 4.45. The quantitative estimate of drug-likeness (QED) is 0.256. The molecule has 1 aliphatic rings. The number of piperidine rings is 1. The van der Waals surface area contributed by atoms with E-state index in [1.807, 2.05) is 79.5 Å². The standard InChI is InChI=1S/C30H36FN5O3/c1-33-28-12-11-26(39-25-13-15-36(16-14-25)29(37)19-35(2)3)18-27(28)30(32)34-23-7-9-24(10-8-23)38-20-21-5-4-6-22(31)17-21/h4-12,17-18,25,33H,13-16,19-20H2,1-3H3,(H2,32,34). The fourth-order valence-corrected chi connectivity index (χ4v) is 4.45. The van der Waals surface area contributed by atoms with Crippen LogP contribution in [0.3, 0.4) is 0 Å². The molecule has 0 saturated carbocycles. The molecule has 0 spiro atoms. The second-order valence-corrected chi connectivity index (χ2v) is 9.84. The maximum absolute atomic E-state index is 13.4. The largest absolute Gasteiger partial charge is 0.490 e. The normalized spacial score (nSPS) is 13.7. The van der Waals surface area contributed by atoms with Crippen LogP contribution in [0, 0.1) is 11.2 Å². The SMILES string of the molecule is CNc1ccc(OC2CCN(C(=O)CN(C)C)CC2)cc1C(=N)Nc1ccc(OCc2cccc(F)c2)cc1. The van der Waals surface area contributed by atoms with Gasteiger partial charge in [-0.1, -0.05) is 12.1 Å². The lowest BCUT2D eigenvalue weighted by atomic mass is 10.1. The highest BCUT2D eigenvalue weighted by atomic mass is 19.1. The molecule has 8 nitrogen and oxygen atoms in total. The molecule has 1 amide bonds. The van der Waals surface area contributed by atoms with Gasteiger partial charge in [0.2, 0.25) is 5.91 Å². The zero-order valence-corrected chi connectivity index (χ0v) is 22.7. The number of likely N-dealkylation sites (tertiary alicyclic amines) is 1. The number of ether oxygens (including phenoxy) is 2. The Kier molecular flexibility index (Phi) is 9.38. The molecule has 3 N–H and O–H groups in total. The first kappa shape index (κ1) is 27.9. The minimum atomic E-state index is -0.290. The van der Waals surface area contributed by atoms with E-state index in [4.69, 9.17) is 14.9 Å². The van der Waals surface area contributed by atoms with Crippen LogP contribution in [0.25, 0.3) is 0 Å². The number of carbonyl (C=O) groups excluding carboxylic acids is 1. The summed E-state index contributed by atoms with van der Waals surface area (Å²) in [7, 11) is 5.61. The Morgan fingerprint density at radius 2 is 1.77 bits per heavy atom. The number of nitrogens with zero attached hydrogens (tertiary/aromatic N) is 2. The second kappa shape index (κ2) is 13.1. The number of nitrogens with one attached hydrogen (secondary N) is 3. The highest BCUT2D eigenvalue weighted by Gasteiger charge is 2.24. The highest BCUT2D eigenvalue weighted by Crippen LogP contribution is 2.26. The van der Waals surface area contributed by atoms with Gasteiger partial charge in [0.05, 0.1) is 6.54 Å². The zero-order chi connectivity index (χ0) is 27.8. The summed E-state index contributed by atoms with van der Waals surface area (Å²) in [4.78, 5) is 16.1. The van der Waals surface area contributed by atoms with Gasteiger partial charge in [-0.15, -0.1) is 0 Å². The Labute approximate surface area is 229 Å². The van der Waals surface area contributed by atoms with Gasteiger partial charge in [-0.25, -0.2) is 4.39 Å². The van der Waals surface area contributed by atoms with E-state index in [1.165, 1.54) is 12.1 Å². The van der Waals surface area contributed by atoms with Crippen LogP contribution in [0.1, 0.15) is 24.0 Å². The van der Waals surface area contributed by atoms with Crippen molar-refractivity contribution in [3.63, 3.8) is 0 Å². The topological polar surface area (TPSA) is 89.9 Å². The summed E-state index contributed by atoms with van der Waals surface area (Å²) in [6.45, 7) is 2.04. The first-order valence-corrected chi connectivity index (χ1v) is 13.0. The van der Waals surface area contributed by atoms with E-state index in [2.05, 4.69) is 10.6 Å². The van der Waals surface area contributed by atoms with E-state index in [0.717, 1.165) is 29.8 Å². The van der Waals surface area contributed by atoms with Crippen molar-refractivity contribution >= 4 is 23.1 Å². The van der Waals surface area contributed by atoms with E-state index in [1.54, 1.807) is 6.07 Å². The van der Waals surface area contributed by atoms with Crippen LogP contribution in [-0.2, 0) is 11.4 Å². The van der Waals surface area contributed by atoms with Gasteiger partial charge in [-0.3, -0.25) is 10.2 Å². The lowest BCUT2D eigenvalue weighted by Crippen LogP contribution is -2.45. The molecule has 9 heteroatoms. The first-order valence-electron chi connectivity index (χ1n) is 13.0.